The number of aryl methyl sites for hydroxylation is 1. The second-order valence-electron chi connectivity index (χ2n) is 10.7. The number of amides is 2. The standard InChI is InChI=1S/C31H28F3N5O4/c1-37-18-35-36-28(37)24-8-3-2-7-23(24)20-5-4-6-21(15-20)39-16-26-25(29(39)40)13-19(14-27(26)31(32,33)34)17-43-22-9-11-38(12-10-22)30(41)42/h2-8,13-15,18,22H,9-12,16-17H2,1H3,(H,41,42). The fourth-order valence-corrected chi connectivity index (χ4v) is 5.74. The van der Waals surface area contributed by atoms with Crippen molar-refractivity contribution in [2.75, 3.05) is 18.0 Å². The number of halogens is 3. The highest BCUT2D eigenvalue weighted by molar-refractivity contribution is 6.10. The second kappa shape index (κ2) is 11.2. The Bertz CT molecular complexity index is 1690. The van der Waals surface area contributed by atoms with Crippen molar-refractivity contribution in [1.82, 2.24) is 19.7 Å². The molecule has 2 aliphatic heterocycles. The van der Waals surface area contributed by atoms with Crippen molar-refractivity contribution in [2.45, 2.75) is 38.3 Å². The third-order valence-corrected chi connectivity index (χ3v) is 7.95. The molecule has 2 aliphatic rings. The molecule has 1 saturated heterocycles. The zero-order valence-electron chi connectivity index (χ0n) is 23.2. The number of aromatic nitrogens is 3. The van der Waals surface area contributed by atoms with E-state index in [0.29, 0.717) is 37.4 Å². The van der Waals surface area contributed by atoms with Crippen molar-refractivity contribution in [3.63, 3.8) is 0 Å². The van der Waals surface area contributed by atoms with E-state index < -0.39 is 23.7 Å². The van der Waals surface area contributed by atoms with Crippen LogP contribution in [-0.2, 0) is 31.1 Å². The van der Waals surface area contributed by atoms with Gasteiger partial charge in [0, 0.05) is 37.0 Å². The van der Waals surface area contributed by atoms with Crippen molar-refractivity contribution in [2.24, 2.45) is 7.05 Å². The number of nitrogens with zero attached hydrogens (tertiary/aromatic N) is 5. The van der Waals surface area contributed by atoms with Crippen LogP contribution < -0.4 is 4.90 Å². The highest BCUT2D eigenvalue weighted by Gasteiger charge is 2.40. The first kappa shape index (κ1) is 28.4. The first-order valence-corrected chi connectivity index (χ1v) is 13.8. The van der Waals surface area contributed by atoms with Gasteiger partial charge in [0.2, 0.25) is 0 Å². The predicted octanol–water partition coefficient (Wildman–Crippen LogP) is 5.99. The molecule has 1 N–H and O–H groups in total. The van der Waals surface area contributed by atoms with Crippen LogP contribution in [0.1, 0.15) is 39.9 Å². The zero-order valence-corrected chi connectivity index (χ0v) is 23.2. The number of hydrogen-bond donors (Lipinski definition) is 1. The van der Waals surface area contributed by atoms with Gasteiger partial charge >= 0.3 is 12.3 Å². The minimum absolute atomic E-state index is 0.000917. The maximum Gasteiger partial charge on any atom is 0.416 e. The topological polar surface area (TPSA) is 101 Å². The number of rotatable bonds is 6. The van der Waals surface area contributed by atoms with Gasteiger partial charge < -0.3 is 24.2 Å². The molecule has 0 aliphatic carbocycles. The molecule has 0 radical (unpaired) electrons. The number of carbonyl (C=O) groups is 2. The van der Waals surface area contributed by atoms with Gasteiger partial charge in [-0.25, -0.2) is 4.79 Å². The lowest BCUT2D eigenvalue weighted by atomic mass is 9.98. The van der Waals surface area contributed by atoms with Crippen molar-refractivity contribution < 1.29 is 32.6 Å². The molecule has 1 fully saturated rings. The summed E-state index contributed by atoms with van der Waals surface area (Å²) in [5, 5.41) is 17.3. The van der Waals surface area contributed by atoms with Gasteiger partial charge in [-0.15, -0.1) is 10.2 Å². The fraction of sp³-hybridized carbons (Fsp3) is 0.290. The van der Waals surface area contributed by atoms with E-state index >= 15 is 0 Å². The SMILES string of the molecule is Cn1cnnc1-c1ccccc1-c1cccc(N2Cc3c(cc(COC4CCN(C(=O)O)CC4)cc3C(F)(F)F)C2=O)c1. The largest absolute Gasteiger partial charge is 0.465 e. The van der Waals surface area contributed by atoms with Crippen LogP contribution in [0, 0.1) is 0 Å². The Morgan fingerprint density at radius 1 is 1.02 bits per heavy atom. The molecular formula is C31H28F3N5O4. The lowest BCUT2D eigenvalue weighted by Gasteiger charge is -2.30. The van der Waals surface area contributed by atoms with Crippen molar-refractivity contribution in [3.8, 4) is 22.5 Å². The monoisotopic (exact) mass is 591 g/mol. The van der Waals surface area contributed by atoms with E-state index in [2.05, 4.69) is 10.2 Å². The number of fused-ring (bicyclic) bond motifs is 1. The van der Waals surface area contributed by atoms with Gasteiger partial charge in [-0.3, -0.25) is 4.79 Å². The quantitative estimate of drug-likeness (QED) is 0.296. The molecular weight excluding hydrogens is 563 g/mol. The Balaban J connectivity index is 1.27. The van der Waals surface area contributed by atoms with E-state index in [1.807, 2.05) is 37.4 Å². The second-order valence-corrected chi connectivity index (χ2v) is 10.7. The summed E-state index contributed by atoms with van der Waals surface area (Å²) in [4.78, 5) is 27.4. The summed E-state index contributed by atoms with van der Waals surface area (Å²) in [5.74, 6) is 0.138. The van der Waals surface area contributed by atoms with E-state index in [1.54, 1.807) is 29.1 Å². The Kier molecular flexibility index (Phi) is 7.38. The molecule has 9 nitrogen and oxygen atoms in total. The number of anilines is 1. The number of carboxylic acid groups (broad SMARTS) is 1. The van der Waals surface area contributed by atoms with Crippen LogP contribution in [-0.4, -0.2) is 56.0 Å². The molecule has 12 heteroatoms. The van der Waals surface area contributed by atoms with E-state index in [0.717, 1.165) is 22.8 Å². The lowest BCUT2D eigenvalue weighted by molar-refractivity contribution is -0.138. The van der Waals surface area contributed by atoms with Crippen LogP contribution >= 0.6 is 0 Å². The van der Waals surface area contributed by atoms with Crippen LogP contribution in [0.5, 0.6) is 0 Å². The van der Waals surface area contributed by atoms with Gasteiger partial charge in [0.05, 0.1) is 24.8 Å². The molecule has 1 aromatic heterocycles. The highest BCUT2D eigenvalue weighted by atomic mass is 19.4. The Morgan fingerprint density at radius 3 is 2.44 bits per heavy atom. The molecule has 3 aromatic carbocycles. The molecule has 3 heterocycles. The molecule has 43 heavy (non-hydrogen) atoms. The van der Waals surface area contributed by atoms with Crippen molar-refractivity contribution in [1.29, 1.82) is 0 Å². The van der Waals surface area contributed by atoms with Crippen LogP contribution in [0.25, 0.3) is 22.5 Å². The normalized spacial score (nSPS) is 15.7. The molecule has 0 unspecified atom stereocenters. The van der Waals surface area contributed by atoms with Gasteiger partial charge in [0.25, 0.3) is 5.91 Å². The molecule has 0 bridgehead atoms. The summed E-state index contributed by atoms with van der Waals surface area (Å²) < 4.78 is 50.4. The highest BCUT2D eigenvalue weighted by Crippen LogP contribution is 2.41. The summed E-state index contributed by atoms with van der Waals surface area (Å²) in [5.41, 5.74) is 2.24. The number of carbonyl (C=O) groups excluding carboxylic acids is 1. The molecule has 2 amide bonds. The lowest BCUT2D eigenvalue weighted by Crippen LogP contribution is -2.40. The molecule has 0 atom stereocenters. The number of alkyl halides is 3. The van der Waals surface area contributed by atoms with Gasteiger partial charge in [0.1, 0.15) is 6.33 Å². The first-order valence-electron chi connectivity index (χ1n) is 13.8. The molecule has 0 saturated carbocycles. The third-order valence-electron chi connectivity index (χ3n) is 7.95. The maximum absolute atomic E-state index is 14.2. The van der Waals surface area contributed by atoms with Crippen LogP contribution in [0.3, 0.4) is 0 Å². The summed E-state index contributed by atoms with van der Waals surface area (Å²) in [6.45, 7) is 0.267. The Hall–Kier alpha value is -4.71. The van der Waals surface area contributed by atoms with Gasteiger partial charge in [0.15, 0.2) is 5.82 Å². The predicted molar refractivity (Wildman–Crippen MR) is 151 cm³/mol. The summed E-state index contributed by atoms with van der Waals surface area (Å²) in [6.07, 6.45) is -3.45. The zero-order chi connectivity index (χ0) is 30.3. The summed E-state index contributed by atoms with van der Waals surface area (Å²) in [6, 6.07) is 17.3. The average Bonchev–Trinajstić information content (AvgIpc) is 3.58. The molecule has 6 rings (SSSR count). The van der Waals surface area contributed by atoms with Gasteiger partial charge in [-0.2, -0.15) is 13.2 Å². The third kappa shape index (κ3) is 5.57. The Labute approximate surface area is 245 Å². The number of benzene rings is 3. The van der Waals surface area contributed by atoms with E-state index in [-0.39, 0.29) is 35.9 Å². The van der Waals surface area contributed by atoms with E-state index in [9.17, 15) is 22.8 Å². The summed E-state index contributed by atoms with van der Waals surface area (Å²) >= 11 is 0. The fourth-order valence-electron chi connectivity index (χ4n) is 5.74. The average molecular weight is 592 g/mol. The number of piperidine rings is 1. The number of likely N-dealkylation sites (tertiary alicyclic amines) is 1. The minimum atomic E-state index is -4.67. The molecule has 222 valence electrons. The van der Waals surface area contributed by atoms with Crippen LogP contribution in [0.15, 0.2) is 67.0 Å². The Morgan fingerprint density at radius 2 is 1.77 bits per heavy atom. The first-order chi connectivity index (χ1) is 20.6. The number of hydrogen-bond acceptors (Lipinski definition) is 5. The number of ether oxygens (including phenoxy) is 1. The molecule has 0 spiro atoms. The molecule has 4 aromatic rings. The minimum Gasteiger partial charge on any atom is -0.465 e. The van der Waals surface area contributed by atoms with E-state index in [1.165, 1.54) is 15.9 Å². The van der Waals surface area contributed by atoms with E-state index in [4.69, 9.17) is 9.84 Å². The van der Waals surface area contributed by atoms with Gasteiger partial charge in [-0.05, 0) is 59.4 Å². The van der Waals surface area contributed by atoms with Crippen LogP contribution in [0.4, 0.5) is 23.7 Å². The van der Waals surface area contributed by atoms with Crippen LogP contribution in [0.2, 0.25) is 0 Å². The van der Waals surface area contributed by atoms with Gasteiger partial charge in [-0.1, -0.05) is 36.4 Å². The van der Waals surface area contributed by atoms with Crippen molar-refractivity contribution >= 4 is 17.7 Å². The van der Waals surface area contributed by atoms with Crippen molar-refractivity contribution in [3.05, 3.63) is 89.2 Å². The summed E-state index contributed by atoms with van der Waals surface area (Å²) in [7, 11) is 1.84. The smallest absolute Gasteiger partial charge is 0.416 e. The maximum atomic E-state index is 14.2.